The van der Waals surface area contributed by atoms with E-state index in [9.17, 15) is 19.2 Å². The van der Waals surface area contributed by atoms with Gasteiger partial charge in [-0.05, 0) is 62.5 Å². The first-order valence-electron chi connectivity index (χ1n) is 11.3. The molecule has 0 unspecified atom stereocenters. The number of ether oxygens (including phenoxy) is 1. The lowest BCUT2D eigenvalue weighted by Gasteiger charge is -2.19. The zero-order chi connectivity index (χ0) is 26.4. The Morgan fingerprint density at radius 1 is 0.514 bits per heavy atom. The summed E-state index contributed by atoms with van der Waals surface area (Å²) >= 11 is 6.76. The van der Waals surface area contributed by atoms with Crippen LogP contribution in [0.2, 0.25) is 0 Å². The van der Waals surface area contributed by atoms with E-state index in [0.717, 1.165) is 5.56 Å². The van der Waals surface area contributed by atoms with Crippen molar-refractivity contribution in [3.05, 3.63) is 132 Å². The fourth-order valence-corrected chi connectivity index (χ4v) is 5.75. The van der Waals surface area contributed by atoms with E-state index in [0.29, 0.717) is 59.2 Å². The lowest BCUT2D eigenvalue weighted by atomic mass is 9.83. The summed E-state index contributed by atoms with van der Waals surface area (Å²) in [5, 5.41) is 0. The third-order valence-corrected chi connectivity index (χ3v) is 8.25. The molecule has 2 aliphatic carbocycles. The highest BCUT2D eigenvalue weighted by Gasteiger charge is 2.33. The van der Waals surface area contributed by atoms with E-state index >= 15 is 0 Å². The average Bonchev–Trinajstić information content (AvgIpc) is 2.92. The second-order valence-corrected chi connectivity index (χ2v) is 10.1. The van der Waals surface area contributed by atoms with Gasteiger partial charge in [0, 0.05) is 43.4 Å². The van der Waals surface area contributed by atoms with Crippen LogP contribution in [0.1, 0.15) is 69.2 Å². The summed E-state index contributed by atoms with van der Waals surface area (Å²) in [6.45, 7) is 1.91. The molecule has 0 aromatic heterocycles. The standard InChI is InChI=1S/C15H9BrO3.C15H9BrO2/c1-19-11-7-6-10-12(13(11)16)15(18)9-5-3-2-4-8(9)14(10)17;1-8-6-7-11-12(13(8)16)15(18)10-5-3-2-4-9(10)14(11)17/h2-7H,1H3;2-7H,1H3. The van der Waals surface area contributed by atoms with Crippen molar-refractivity contribution >= 4 is 55.0 Å². The predicted octanol–water partition coefficient (Wildman–Crippen LogP) is 6.77. The Hall–Kier alpha value is -3.68. The summed E-state index contributed by atoms with van der Waals surface area (Å²) in [6.07, 6.45) is 0. The van der Waals surface area contributed by atoms with Gasteiger partial charge in [-0.2, -0.15) is 0 Å². The lowest BCUT2D eigenvalue weighted by Crippen LogP contribution is -2.21. The normalized spacial score (nSPS) is 13.1. The van der Waals surface area contributed by atoms with Crippen molar-refractivity contribution in [1.82, 2.24) is 0 Å². The molecule has 37 heavy (non-hydrogen) atoms. The first kappa shape index (κ1) is 25.0. The molecule has 2 aliphatic rings. The van der Waals surface area contributed by atoms with E-state index in [1.807, 2.05) is 13.0 Å². The highest BCUT2D eigenvalue weighted by atomic mass is 79.9. The summed E-state index contributed by atoms with van der Waals surface area (Å²) in [4.78, 5) is 49.7. The third kappa shape index (κ3) is 3.99. The van der Waals surface area contributed by atoms with Gasteiger partial charge in [-0.15, -0.1) is 0 Å². The monoisotopic (exact) mass is 616 g/mol. The maximum atomic E-state index is 12.5. The van der Waals surface area contributed by atoms with Crippen LogP contribution >= 0.6 is 31.9 Å². The minimum Gasteiger partial charge on any atom is -0.496 e. The van der Waals surface area contributed by atoms with Crippen LogP contribution in [0.15, 0.2) is 81.7 Å². The SMILES string of the molecule is COc1ccc2c(c1Br)C(=O)c1ccccc1C2=O.Cc1ccc2c(c1Br)C(=O)c1ccccc1C2=O. The quantitative estimate of drug-likeness (QED) is 0.204. The van der Waals surface area contributed by atoms with Crippen molar-refractivity contribution < 1.29 is 23.9 Å². The molecule has 0 bridgehead atoms. The van der Waals surface area contributed by atoms with Gasteiger partial charge in [-0.1, -0.05) is 54.6 Å². The molecule has 0 saturated heterocycles. The van der Waals surface area contributed by atoms with Crippen LogP contribution in [0.3, 0.4) is 0 Å². The number of halogens is 2. The summed E-state index contributed by atoms with van der Waals surface area (Å²) < 4.78 is 6.42. The van der Waals surface area contributed by atoms with E-state index in [1.165, 1.54) is 7.11 Å². The molecule has 5 nitrogen and oxygen atoms in total. The number of carbonyl (C=O) groups is 4. The second-order valence-electron chi connectivity index (χ2n) is 8.53. The van der Waals surface area contributed by atoms with Gasteiger partial charge in [0.15, 0.2) is 23.1 Å². The van der Waals surface area contributed by atoms with Crippen LogP contribution in [0.25, 0.3) is 0 Å². The molecule has 0 amide bonds. The van der Waals surface area contributed by atoms with E-state index in [2.05, 4.69) is 31.9 Å². The van der Waals surface area contributed by atoms with Crippen LogP contribution in [0.4, 0.5) is 0 Å². The number of hydrogen-bond acceptors (Lipinski definition) is 5. The number of methoxy groups -OCH3 is 1. The Morgan fingerprint density at radius 2 is 0.919 bits per heavy atom. The fourth-order valence-electron chi connectivity index (χ4n) is 4.53. The molecule has 0 radical (unpaired) electrons. The van der Waals surface area contributed by atoms with E-state index in [4.69, 9.17) is 4.74 Å². The molecule has 7 heteroatoms. The Balaban J connectivity index is 0.000000152. The third-order valence-electron chi connectivity index (χ3n) is 6.44. The number of ketones is 4. The van der Waals surface area contributed by atoms with E-state index < -0.39 is 0 Å². The van der Waals surface area contributed by atoms with E-state index in [1.54, 1.807) is 66.7 Å². The summed E-state index contributed by atoms with van der Waals surface area (Å²) in [5.74, 6) is 0.0838. The molecule has 6 rings (SSSR count). The molecule has 0 saturated carbocycles. The Morgan fingerprint density at radius 3 is 1.38 bits per heavy atom. The number of hydrogen-bond donors (Lipinski definition) is 0. The van der Waals surface area contributed by atoms with Crippen molar-refractivity contribution in [3.63, 3.8) is 0 Å². The van der Waals surface area contributed by atoms with Gasteiger partial charge in [0.2, 0.25) is 0 Å². The average molecular weight is 618 g/mol. The topological polar surface area (TPSA) is 77.5 Å². The lowest BCUT2D eigenvalue weighted by molar-refractivity contribution is 0.0978. The van der Waals surface area contributed by atoms with Crippen molar-refractivity contribution in [2.75, 3.05) is 7.11 Å². The van der Waals surface area contributed by atoms with Crippen LogP contribution < -0.4 is 4.74 Å². The van der Waals surface area contributed by atoms with Gasteiger partial charge >= 0.3 is 0 Å². The molecule has 0 atom stereocenters. The maximum absolute atomic E-state index is 12.5. The number of rotatable bonds is 1. The van der Waals surface area contributed by atoms with Crippen LogP contribution in [-0.4, -0.2) is 30.2 Å². The smallest absolute Gasteiger partial charge is 0.195 e. The summed E-state index contributed by atoms with van der Waals surface area (Å²) in [5.41, 5.74) is 4.58. The van der Waals surface area contributed by atoms with Crippen molar-refractivity contribution in [3.8, 4) is 5.75 Å². The van der Waals surface area contributed by atoms with Gasteiger partial charge in [0.25, 0.3) is 0 Å². The zero-order valence-electron chi connectivity index (χ0n) is 19.7. The summed E-state index contributed by atoms with van der Waals surface area (Å²) in [6, 6.07) is 20.7. The summed E-state index contributed by atoms with van der Waals surface area (Å²) in [7, 11) is 1.52. The predicted molar refractivity (Wildman–Crippen MR) is 146 cm³/mol. The van der Waals surface area contributed by atoms with Crippen molar-refractivity contribution in [1.29, 1.82) is 0 Å². The van der Waals surface area contributed by atoms with Gasteiger partial charge in [-0.25, -0.2) is 0 Å². The van der Waals surface area contributed by atoms with Gasteiger partial charge in [-0.3, -0.25) is 19.2 Å². The molecule has 182 valence electrons. The molecule has 4 aromatic rings. The first-order valence-corrected chi connectivity index (χ1v) is 12.9. The first-order chi connectivity index (χ1) is 17.8. The van der Waals surface area contributed by atoms with Gasteiger partial charge in [0.1, 0.15) is 5.75 Å². The highest BCUT2D eigenvalue weighted by Crippen LogP contribution is 2.37. The molecule has 0 aliphatic heterocycles. The number of fused-ring (bicyclic) bond motifs is 4. The van der Waals surface area contributed by atoms with E-state index in [-0.39, 0.29) is 23.1 Å². The highest BCUT2D eigenvalue weighted by molar-refractivity contribution is 9.11. The fraction of sp³-hybridized carbons (Fsp3) is 0.0667. The number of benzene rings is 4. The van der Waals surface area contributed by atoms with Crippen LogP contribution in [0, 0.1) is 6.92 Å². The molecule has 4 aromatic carbocycles. The van der Waals surface area contributed by atoms with Gasteiger partial charge < -0.3 is 4.74 Å². The molecular weight excluding hydrogens is 600 g/mol. The van der Waals surface area contributed by atoms with Crippen LogP contribution in [0.5, 0.6) is 5.75 Å². The molecular formula is C30H18Br2O5. The molecule has 0 heterocycles. The Labute approximate surface area is 229 Å². The largest absolute Gasteiger partial charge is 0.496 e. The number of carbonyl (C=O) groups excluding carboxylic acids is 4. The molecule has 0 spiro atoms. The second kappa shape index (κ2) is 9.65. The van der Waals surface area contributed by atoms with Crippen molar-refractivity contribution in [2.45, 2.75) is 6.92 Å². The van der Waals surface area contributed by atoms with Crippen LogP contribution in [-0.2, 0) is 0 Å². The molecule has 0 fully saturated rings. The molecule has 0 N–H and O–H groups in total. The minimum atomic E-state index is -0.157. The minimum absolute atomic E-state index is 0.0825. The Kier molecular flexibility index (Phi) is 6.52. The maximum Gasteiger partial charge on any atom is 0.195 e. The van der Waals surface area contributed by atoms with Gasteiger partial charge in [0.05, 0.1) is 17.1 Å². The Bertz CT molecular complexity index is 1670. The van der Waals surface area contributed by atoms with Crippen molar-refractivity contribution in [2.24, 2.45) is 0 Å². The number of aryl methyl sites for hydroxylation is 1. The zero-order valence-corrected chi connectivity index (χ0v) is 22.9.